The molecule has 38 heavy (non-hydrogen) atoms. The minimum absolute atomic E-state index is 0.0508. The van der Waals surface area contributed by atoms with Crippen molar-refractivity contribution in [2.75, 3.05) is 25.1 Å². The third-order valence-electron chi connectivity index (χ3n) is 6.89. The summed E-state index contributed by atoms with van der Waals surface area (Å²) in [6.45, 7) is 1.09. The van der Waals surface area contributed by atoms with E-state index in [2.05, 4.69) is 25.4 Å². The molecule has 198 valence electrons. The maximum absolute atomic E-state index is 14.2. The molecule has 0 atom stereocenters. The lowest BCUT2D eigenvalue weighted by molar-refractivity contribution is -0.196. The topological polar surface area (TPSA) is 89.1 Å². The number of hydrogen-bond acceptors (Lipinski definition) is 7. The summed E-state index contributed by atoms with van der Waals surface area (Å²) in [5.74, 6) is 2.21. The zero-order chi connectivity index (χ0) is 26.6. The predicted octanol–water partition coefficient (Wildman–Crippen LogP) is 5.09. The van der Waals surface area contributed by atoms with Gasteiger partial charge < -0.3 is 14.4 Å². The molecular formula is C27H27F3N6O2. The van der Waals surface area contributed by atoms with Crippen LogP contribution in [0.3, 0.4) is 0 Å². The Morgan fingerprint density at radius 3 is 2.29 bits per heavy atom. The molecule has 0 unspecified atom stereocenters. The smallest absolute Gasteiger partial charge is 0.398 e. The first-order valence-corrected chi connectivity index (χ1v) is 12.2. The number of aromatic nitrogens is 5. The fraction of sp³-hybridized carbons (Fsp3) is 0.333. The third-order valence-corrected chi connectivity index (χ3v) is 6.89. The highest BCUT2D eigenvalue weighted by Crippen LogP contribution is 2.48. The van der Waals surface area contributed by atoms with Gasteiger partial charge in [0.1, 0.15) is 18.1 Å². The number of methoxy groups -OCH3 is 1. The number of piperidine rings is 1. The summed E-state index contributed by atoms with van der Waals surface area (Å²) in [5, 5.41) is 15.5. The molecule has 0 saturated carbocycles. The number of halogens is 3. The Morgan fingerprint density at radius 1 is 0.921 bits per heavy atom. The lowest BCUT2D eigenvalue weighted by Gasteiger charge is -2.43. The van der Waals surface area contributed by atoms with Crippen LogP contribution >= 0.6 is 0 Å². The molecule has 0 aliphatic carbocycles. The Balaban J connectivity index is 1.18. The maximum Gasteiger partial charge on any atom is 0.398 e. The van der Waals surface area contributed by atoms with Gasteiger partial charge in [0.15, 0.2) is 11.6 Å². The van der Waals surface area contributed by atoms with Crippen molar-refractivity contribution < 1.29 is 22.6 Å². The second-order valence-corrected chi connectivity index (χ2v) is 9.16. The van der Waals surface area contributed by atoms with Gasteiger partial charge in [0.05, 0.1) is 19.1 Å². The van der Waals surface area contributed by atoms with E-state index in [1.165, 1.54) is 0 Å². The summed E-state index contributed by atoms with van der Waals surface area (Å²) in [6, 6.07) is 19.2. The molecule has 1 N–H and O–H groups in total. The van der Waals surface area contributed by atoms with Gasteiger partial charge in [-0.05, 0) is 48.2 Å². The van der Waals surface area contributed by atoms with Crippen LogP contribution in [0.2, 0.25) is 0 Å². The predicted molar refractivity (Wildman–Crippen MR) is 135 cm³/mol. The van der Waals surface area contributed by atoms with Gasteiger partial charge in [-0.2, -0.15) is 18.3 Å². The van der Waals surface area contributed by atoms with Crippen LogP contribution in [0.4, 0.5) is 19.0 Å². The van der Waals surface area contributed by atoms with Crippen molar-refractivity contribution in [3.05, 3.63) is 83.7 Å². The number of ether oxygens (including phenoxy) is 2. The molecule has 1 aliphatic rings. The van der Waals surface area contributed by atoms with E-state index in [0.717, 1.165) is 11.3 Å². The average Bonchev–Trinajstić information content (AvgIpc) is 3.42. The first-order valence-electron chi connectivity index (χ1n) is 12.2. The molecule has 11 heteroatoms. The van der Waals surface area contributed by atoms with Gasteiger partial charge in [0.25, 0.3) is 0 Å². The summed E-state index contributed by atoms with van der Waals surface area (Å²) in [4.78, 5) is 6.24. The highest BCUT2D eigenvalue weighted by molar-refractivity contribution is 5.51. The zero-order valence-corrected chi connectivity index (χ0v) is 20.8. The van der Waals surface area contributed by atoms with Crippen LogP contribution in [-0.4, -0.2) is 51.8 Å². The van der Waals surface area contributed by atoms with Gasteiger partial charge in [0, 0.05) is 13.1 Å². The van der Waals surface area contributed by atoms with Gasteiger partial charge >= 0.3 is 6.18 Å². The normalized spacial score (nSPS) is 15.4. The Bertz CT molecular complexity index is 1320. The monoisotopic (exact) mass is 524 g/mol. The summed E-state index contributed by atoms with van der Waals surface area (Å²) in [6.07, 6.45) is -4.44. The average molecular weight is 525 g/mol. The van der Waals surface area contributed by atoms with E-state index in [1.54, 1.807) is 49.6 Å². The van der Waals surface area contributed by atoms with Crippen LogP contribution in [-0.2, 0) is 23.4 Å². The number of rotatable bonds is 8. The zero-order valence-electron chi connectivity index (χ0n) is 20.8. The third kappa shape index (κ3) is 5.33. The molecule has 0 spiro atoms. The Hall–Kier alpha value is -3.99. The molecule has 4 aromatic rings. The van der Waals surface area contributed by atoms with Gasteiger partial charge in [-0.25, -0.2) is 4.98 Å². The quantitative estimate of drug-likeness (QED) is 0.344. The van der Waals surface area contributed by atoms with Crippen LogP contribution in [0.5, 0.6) is 5.75 Å². The van der Waals surface area contributed by atoms with Crippen molar-refractivity contribution >= 4 is 5.82 Å². The van der Waals surface area contributed by atoms with E-state index >= 15 is 0 Å². The molecule has 1 saturated heterocycles. The maximum atomic E-state index is 14.2. The second kappa shape index (κ2) is 10.8. The summed E-state index contributed by atoms with van der Waals surface area (Å²) >= 11 is 0. The van der Waals surface area contributed by atoms with Crippen LogP contribution in [0.1, 0.15) is 29.8 Å². The summed E-state index contributed by atoms with van der Waals surface area (Å²) < 4.78 is 53.4. The number of nitrogens with one attached hydrogen (secondary N) is 1. The van der Waals surface area contributed by atoms with Crippen LogP contribution in [0, 0.1) is 0 Å². The molecule has 1 fully saturated rings. The van der Waals surface area contributed by atoms with Crippen molar-refractivity contribution in [1.29, 1.82) is 0 Å². The first-order chi connectivity index (χ1) is 18.4. The van der Waals surface area contributed by atoms with Crippen molar-refractivity contribution in [1.82, 2.24) is 25.4 Å². The van der Waals surface area contributed by atoms with E-state index in [4.69, 9.17) is 9.47 Å². The van der Waals surface area contributed by atoms with Crippen molar-refractivity contribution in [3.8, 4) is 17.3 Å². The van der Waals surface area contributed by atoms with Gasteiger partial charge in [-0.1, -0.05) is 42.5 Å². The number of nitrogens with zero attached hydrogens (tertiary/aromatic N) is 5. The SMILES string of the molecule is COc1ccc(COCc2nc(-c3ccc(N4CCC(c5ccccc5)(C(F)(F)F)CC4)nn3)n[nH]2)cc1. The van der Waals surface area contributed by atoms with Gasteiger partial charge in [-0.15, -0.1) is 10.2 Å². The fourth-order valence-corrected chi connectivity index (χ4v) is 4.69. The number of aromatic amines is 1. The highest BCUT2D eigenvalue weighted by atomic mass is 19.4. The number of benzene rings is 2. The van der Waals surface area contributed by atoms with E-state index in [0.29, 0.717) is 35.3 Å². The Labute approximate surface area is 217 Å². The van der Waals surface area contributed by atoms with E-state index < -0.39 is 11.6 Å². The molecule has 0 amide bonds. The van der Waals surface area contributed by atoms with E-state index in [9.17, 15) is 13.2 Å². The lowest BCUT2D eigenvalue weighted by atomic mass is 9.72. The van der Waals surface area contributed by atoms with Crippen molar-refractivity contribution in [2.45, 2.75) is 37.6 Å². The standard InChI is InChI=1S/C27H27F3N6O2/c1-37-21-9-7-19(8-10-21)17-38-18-23-31-25(35-33-23)22-11-12-24(34-32-22)36-15-13-26(14-16-36,27(28,29)30)20-5-3-2-4-6-20/h2-12H,13-18H2,1H3,(H,31,33,35). The molecule has 2 aromatic heterocycles. The summed E-state index contributed by atoms with van der Waals surface area (Å²) in [7, 11) is 1.62. The van der Waals surface area contributed by atoms with Crippen LogP contribution in [0.15, 0.2) is 66.7 Å². The Kier molecular flexibility index (Phi) is 7.28. The van der Waals surface area contributed by atoms with Crippen molar-refractivity contribution in [2.24, 2.45) is 0 Å². The molecule has 2 aromatic carbocycles. The molecule has 0 bridgehead atoms. The molecule has 0 radical (unpaired) electrons. The number of anilines is 1. The second-order valence-electron chi connectivity index (χ2n) is 9.16. The highest BCUT2D eigenvalue weighted by Gasteiger charge is 2.56. The van der Waals surface area contributed by atoms with Gasteiger partial charge in [0.2, 0.25) is 5.82 Å². The minimum Gasteiger partial charge on any atom is -0.497 e. The molecular weight excluding hydrogens is 497 g/mol. The minimum atomic E-state index is -4.34. The number of hydrogen-bond donors (Lipinski definition) is 1. The summed E-state index contributed by atoms with van der Waals surface area (Å²) in [5.41, 5.74) is -0.0941. The van der Waals surface area contributed by atoms with Crippen molar-refractivity contribution in [3.63, 3.8) is 0 Å². The van der Waals surface area contributed by atoms with E-state index in [1.807, 2.05) is 29.2 Å². The fourth-order valence-electron chi connectivity index (χ4n) is 4.69. The molecule has 1 aliphatic heterocycles. The first kappa shape index (κ1) is 25.7. The number of H-pyrrole nitrogens is 1. The molecule has 5 rings (SSSR count). The number of alkyl halides is 3. The van der Waals surface area contributed by atoms with Gasteiger partial charge in [-0.3, -0.25) is 5.10 Å². The van der Waals surface area contributed by atoms with Crippen LogP contribution in [0.25, 0.3) is 11.5 Å². The Morgan fingerprint density at radius 2 is 1.66 bits per heavy atom. The lowest BCUT2D eigenvalue weighted by Crippen LogP contribution is -2.51. The van der Waals surface area contributed by atoms with E-state index in [-0.39, 0.29) is 32.5 Å². The molecule has 3 heterocycles. The van der Waals surface area contributed by atoms with Crippen LogP contribution < -0.4 is 9.64 Å². The molecule has 8 nitrogen and oxygen atoms in total. The largest absolute Gasteiger partial charge is 0.497 e.